The molecule has 4 nitrogen and oxygen atoms in total. The highest BCUT2D eigenvalue weighted by atomic mass is 35.5. The minimum atomic E-state index is -4.42. The lowest BCUT2D eigenvalue weighted by Gasteiger charge is -2.16. The molecule has 26 heavy (non-hydrogen) atoms. The Morgan fingerprint density at radius 3 is 2.65 bits per heavy atom. The summed E-state index contributed by atoms with van der Waals surface area (Å²) in [6, 6.07) is 3.55. The van der Waals surface area contributed by atoms with Crippen LogP contribution in [0, 0.1) is 0 Å². The molecule has 0 aromatic carbocycles. The van der Waals surface area contributed by atoms with Gasteiger partial charge in [0.05, 0.1) is 0 Å². The summed E-state index contributed by atoms with van der Waals surface area (Å²) in [6.45, 7) is 4.74. The summed E-state index contributed by atoms with van der Waals surface area (Å²) in [4.78, 5) is 15.4. The maximum absolute atomic E-state index is 12.7. The Labute approximate surface area is 159 Å². The van der Waals surface area contributed by atoms with Gasteiger partial charge >= 0.3 is 6.18 Å². The molecule has 0 saturated heterocycles. The molecule has 0 saturated carbocycles. The van der Waals surface area contributed by atoms with E-state index in [1.165, 1.54) is 0 Å². The number of pyridine rings is 1. The van der Waals surface area contributed by atoms with Crippen molar-refractivity contribution in [2.45, 2.75) is 31.8 Å². The molecule has 0 spiro atoms. The predicted octanol–water partition coefficient (Wildman–Crippen LogP) is 5.31. The van der Waals surface area contributed by atoms with Crippen LogP contribution in [0.5, 0.6) is 0 Å². The molecular formula is C17H18ClF3N4S. The highest BCUT2D eigenvalue weighted by Gasteiger charge is 2.31. The van der Waals surface area contributed by atoms with Crippen LogP contribution < -0.4 is 0 Å². The maximum atomic E-state index is 12.7. The van der Waals surface area contributed by atoms with Crippen molar-refractivity contribution in [1.82, 2.24) is 9.88 Å². The SMILES string of the molecule is C/C=C1/N=C(c2nc(Cl)ccc2SCC)N(C)/C1=N/C=C(\C)C(F)(F)F. The first-order chi connectivity index (χ1) is 12.2. The Bertz CT molecular complexity index is 813. The van der Waals surface area contributed by atoms with Crippen LogP contribution in [0.3, 0.4) is 0 Å². The second-order valence-corrected chi connectivity index (χ2v) is 7.04. The number of rotatable bonds is 4. The van der Waals surface area contributed by atoms with Gasteiger partial charge in [0.15, 0.2) is 11.7 Å². The Balaban J connectivity index is 2.48. The summed E-state index contributed by atoms with van der Waals surface area (Å²) in [5, 5.41) is 0.316. The monoisotopic (exact) mass is 402 g/mol. The van der Waals surface area contributed by atoms with E-state index in [9.17, 15) is 13.2 Å². The van der Waals surface area contributed by atoms with E-state index in [1.54, 1.807) is 42.8 Å². The Hall–Kier alpha value is -1.80. The number of aromatic nitrogens is 1. The first kappa shape index (κ1) is 20.5. The number of aliphatic imine (C=N–C) groups is 2. The van der Waals surface area contributed by atoms with Crippen molar-refractivity contribution in [3.8, 4) is 0 Å². The molecule has 0 unspecified atom stereocenters. The molecule has 1 aromatic heterocycles. The minimum absolute atomic E-state index is 0.316. The van der Waals surface area contributed by atoms with Crippen LogP contribution in [0.2, 0.25) is 5.15 Å². The number of halogens is 4. The number of alkyl halides is 3. The van der Waals surface area contributed by atoms with Crippen molar-refractivity contribution >= 4 is 35.0 Å². The van der Waals surface area contributed by atoms with Crippen LogP contribution in [-0.4, -0.2) is 40.5 Å². The zero-order valence-corrected chi connectivity index (χ0v) is 16.3. The molecule has 0 N–H and O–H groups in total. The standard InChI is InChI=1S/C17H18ClF3N4S/c1-5-11-15(22-9-10(3)17(19,20)21)25(4)16(23-11)14-12(26-6-2)7-8-13(18)24-14/h5,7-9H,6H2,1-4H3/b10-9+,11-5+,22-15+. The summed E-state index contributed by atoms with van der Waals surface area (Å²) in [5.41, 5.74) is 0.265. The summed E-state index contributed by atoms with van der Waals surface area (Å²) in [7, 11) is 1.69. The third kappa shape index (κ3) is 4.48. The van der Waals surface area contributed by atoms with Crippen molar-refractivity contribution < 1.29 is 13.2 Å². The Morgan fingerprint density at radius 1 is 1.38 bits per heavy atom. The van der Waals surface area contributed by atoms with E-state index in [2.05, 4.69) is 15.0 Å². The number of nitrogens with zero attached hydrogens (tertiary/aromatic N) is 4. The molecule has 2 heterocycles. The third-order valence-corrected chi connectivity index (χ3v) is 4.67. The fourth-order valence-corrected chi connectivity index (χ4v) is 3.05. The van der Waals surface area contributed by atoms with Crippen LogP contribution in [0.4, 0.5) is 13.2 Å². The predicted molar refractivity (Wildman–Crippen MR) is 101 cm³/mol. The van der Waals surface area contributed by atoms with Crippen LogP contribution >= 0.6 is 23.4 Å². The minimum Gasteiger partial charge on any atom is -0.310 e. The van der Waals surface area contributed by atoms with E-state index in [1.807, 2.05) is 13.0 Å². The second-order valence-electron chi connectivity index (χ2n) is 5.34. The van der Waals surface area contributed by atoms with E-state index < -0.39 is 11.7 Å². The van der Waals surface area contributed by atoms with Crippen LogP contribution in [-0.2, 0) is 0 Å². The fourth-order valence-electron chi connectivity index (χ4n) is 2.16. The van der Waals surface area contributed by atoms with Crippen LogP contribution in [0.1, 0.15) is 26.5 Å². The number of allylic oxidation sites excluding steroid dienone is 2. The topological polar surface area (TPSA) is 40.9 Å². The lowest BCUT2D eigenvalue weighted by molar-refractivity contribution is -0.0914. The molecule has 0 atom stereocenters. The largest absolute Gasteiger partial charge is 0.413 e. The van der Waals surface area contributed by atoms with Gasteiger partial charge < -0.3 is 4.90 Å². The third-order valence-electron chi connectivity index (χ3n) is 3.53. The van der Waals surface area contributed by atoms with Crippen molar-refractivity contribution in [1.29, 1.82) is 0 Å². The Kier molecular flexibility index (Phi) is 6.52. The van der Waals surface area contributed by atoms with Gasteiger partial charge in [0.2, 0.25) is 0 Å². The molecule has 1 aromatic rings. The quantitative estimate of drug-likeness (QED) is 0.506. The number of likely N-dealkylation sites (N-methyl/N-ethyl adjacent to an activating group) is 1. The average molecular weight is 403 g/mol. The molecule has 9 heteroatoms. The number of hydrogen-bond donors (Lipinski definition) is 0. The zero-order chi connectivity index (χ0) is 19.5. The van der Waals surface area contributed by atoms with E-state index in [4.69, 9.17) is 11.6 Å². The van der Waals surface area contributed by atoms with E-state index >= 15 is 0 Å². The van der Waals surface area contributed by atoms with Gasteiger partial charge in [-0.2, -0.15) is 13.2 Å². The van der Waals surface area contributed by atoms with Crippen LogP contribution in [0.25, 0.3) is 0 Å². The molecule has 0 fully saturated rings. The normalized spacial score (nSPS) is 18.8. The van der Waals surface area contributed by atoms with Gasteiger partial charge in [-0.1, -0.05) is 24.6 Å². The van der Waals surface area contributed by atoms with E-state index in [0.717, 1.165) is 23.8 Å². The van der Waals surface area contributed by atoms with Gasteiger partial charge in [0.1, 0.15) is 16.5 Å². The van der Waals surface area contributed by atoms with Gasteiger partial charge in [-0.15, -0.1) is 11.8 Å². The van der Waals surface area contributed by atoms with Crippen molar-refractivity contribution in [3.63, 3.8) is 0 Å². The van der Waals surface area contributed by atoms with Crippen molar-refractivity contribution in [2.75, 3.05) is 12.8 Å². The summed E-state index contributed by atoms with van der Waals surface area (Å²) < 4.78 is 38.1. The molecule has 0 aliphatic carbocycles. The molecular weight excluding hydrogens is 385 g/mol. The highest BCUT2D eigenvalue weighted by molar-refractivity contribution is 7.99. The summed E-state index contributed by atoms with van der Waals surface area (Å²) in [5.74, 6) is 1.65. The van der Waals surface area contributed by atoms with Gasteiger partial charge in [0, 0.05) is 23.7 Å². The van der Waals surface area contributed by atoms with E-state index in [-0.39, 0.29) is 0 Å². The van der Waals surface area contributed by atoms with Crippen molar-refractivity contribution in [2.24, 2.45) is 9.98 Å². The first-order valence-corrected chi connectivity index (χ1v) is 9.16. The molecule has 1 aliphatic heterocycles. The first-order valence-electron chi connectivity index (χ1n) is 7.79. The van der Waals surface area contributed by atoms with Crippen LogP contribution in [0.15, 0.2) is 50.6 Å². The lowest BCUT2D eigenvalue weighted by Crippen LogP contribution is -2.29. The van der Waals surface area contributed by atoms with Crippen molar-refractivity contribution in [3.05, 3.63) is 46.5 Å². The Morgan fingerprint density at radius 2 is 2.08 bits per heavy atom. The summed E-state index contributed by atoms with van der Waals surface area (Å²) >= 11 is 7.61. The van der Waals surface area contributed by atoms with Gasteiger partial charge in [-0.05, 0) is 31.7 Å². The molecule has 0 radical (unpaired) electrons. The summed E-state index contributed by atoms with van der Waals surface area (Å²) in [6.07, 6.45) is -1.92. The second kappa shape index (κ2) is 8.26. The fraction of sp³-hybridized carbons (Fsp3) is 0.353. The van der Waals surface area contributed by atoms with Gasteiger partial charge in [0.25, 0.3) is 0 Å². The van der Waals surface area contributed by atoms with E-state index in [0.29, 0.717) is 28.2 Å². The highest BCUT2D eigenvalue weighted by Crippen LogP contribution is 2.29. The molecule has 140 valence electrons. The molecule has 0 amide bonds. The number of amidine groups is 2. The maximum Gasteiger partial charge on any atom is 0.413 e. The zero-order valence-electron chi connectivity index (χ0n) is 14.7. The number of hydrogen-bond acceptors (Lipinski definition) is 4. The van der Waals surface area contributed by atoms with Gasteiger partial charge in [-0.25, -0.2) is 15.0 Å². The average Bonchev–Trinajstić information content (AvgIpc) is 2.89. The number of thioether (sulfide) groups is 1. The van der Waals surface area contributed by atoms with Gasteiger partial charge in [-0.3, -0.25) is 0 Å². The molecule has 2 rings (SSSR count). The molecule has 1 aliphatic rings. The lowest BCUT2D eigenvalue weighted by atomic mass is 10.3. The smallest absolute Gasteiger partial charge is 0.310 e. The molecule has 0 bridgehead atoms.